The molecule has 600 valence electrons. The number of aliphatic carboxylic acids is 2. The molecule has 17 rings (SSSR count). The molecule has 6 saturated heterocycles. The molecular formula is C75H55N13O30. The second-order valence-electron chi connectivity index (χ2n) is 28.1. The van der Waals surface area contributed by atoms with Crippen LogP contribution in [-0.4, -0.2) is 130 Å². The predicted octanol–water partition coefficient (Wildman–Crippen LogP) is 3.91. The predicted molar refractivity (Wildman–Crippen MR) is 392 cm³/mol. The Morgan fingerprint density at radius 2 is 0.525 bits per heavy atom. The Morgan fingerprint density at radius 1 is 0.314 bits per heavy atom. The number of carbonyl (C=O) groups excluding carboxylic acids is 14. The van der Waals surface area contributed by atoms with Crippen molar-refractivity contribution in [2.75, 3.05) is 42.1 Å². The largest absolute Gasteiger partial charge is 0.481 e. The van der Waals surface area contributed by atoms with Gasteiger partial charge in [-0.1, -0.05) is 12.1 Å². The molecule has 0 radical (unpaired) electrons. The van der Waals surface area contributed by atoms with Crippen LogP contribution in [0.3, 0.4) is 0 Å². The van der Waals surface area contributed by atoms with Crippen LogP contribution >= 0.6 is 0 Å². The average Bonchev–Trinajstić information content (AvgIpc) is 1.18. The molecule has 7 aromatic carbocycles. The van der Waals surface area contributed by atoms with Crippen LogP contribution in [0.4, 0.5) is 73.9 Å². The maximum atomic E-state index is 13.0. The fourth-order valence-electron chi connectivity index (χ4n) is 16.3. The van der Waals surface area contributed by atoms with Crippen LogP contribution in [0.25, 0.3) is 0 Å². The lowest BCUT2D eigenvalue weighted by Gasteiger charge is -2.45. The summed E-state index contributed by atoms with van der Waals surface area (Å²) in [6.07, 6.45) is -0.368. The van der Waals surface area contributed by atoms with Gasteiger partial charge in [0, 0.05) is 95.8 Å². The van der Waals surface area contributed by atoms with Gasteiger partial charge in [0.15, 0.2) is 0 Å². The second kappa shape index (κ2) is 30.7. The summed E-state index contributed by atoms with van der Waals surface area (Å²) in [5, 5.41) is 74.8. The number of hydrogen-bond acceptors (Lipinski definition) is 31. The smallest absolute Gasteiger partial charge is 0.318 e. The Labute approximate surface area is 656 Å². The van der Waals surface area contributed by atoms with Gasteiger partial charge in [-0.3, -0.25) is 147 Å². The van der Waals surface area contributed by atoms with Crippen LogP contribution in [0.15, 0.2) is 170 Å². The molecular weight excluding hydrogens is 1560 g/mol. The average molecular weight is 1620 g/mol. The number of rotatable bonds is 16. The molecule has 0 aromatic heterocycles. The molecule has 9 N–H and O–H groups in total. The molecule has 9 amide bonds. The Bertz CT molecular complexity index is 5130. The molecule has 6 heterocycles. The lowest BCUT2D eigenvalue weighted by Crippen LogP contribution is -2.61. The number of carboxylic acid groups (broad SMARTS) is 2. The van der Waals surface area contributed by atoms with Crippen LogP contribution < -0.4 is 42.1 Å². The minimum atomic E-state index is -1.61. The number of ether oxygens (including phenoxy) is 2. The van der Waals surface area contributed by atoms with Gasteiger partial charge in [0.25, 0.3) is 28.4 Å². The van der Waals surface area contributed by atoms with Gasteiger partial charge >= 0.3 is 35.8 Å². The number of carboxylic acids is 2. The molecule has 4 saturated carbocycles. The zero-order valence-electron chi connectivity index (χ0n) is 59.7. The number of anilines is 8. The number of nitrogens with zero attached hydrogens (tertiary/aromatic N) is 9. The van der Waals surface area contributed by atoms with Crippen LogP contribution in [0, 0.1) is 145 Å². The van der Waals surface area contributed by atoms with E-state index in [2.05, 4.69) is 14.8 Å². The summed E-state index contributed by atoms with van der Waals surface area (Å²) in [5.74, 6) is -28.5. The third kappa shape index (κ3) is 13.8. The summed E-state index contributed by atoms with van der Waals surface area (Å²) in [5.41, 5.74) is 18.8. The number of benzene rings is 7. The van der Waals surface area contributed by atoms with Gasteiger partial charge in [-0.15, -0.1) is 0 Å². The molecule has 10 aliphatic rings. The van der Waals surface area contributed by atoms with Gasteiger partial charge < -0.3 is 42.2 Å². The highest BCUT2D eigenvalue weighted by molar-refractivity contribution is 6.34. The van der Waals surface area contributed by atoms with Crippen molar-refractivity contribution in [3.05, 3.63) is 226 Å². The molecule has 2 unspecified atom stereocenters. The highest BCUT2D eigenvalue weighted by Gasteiger charge is 2.76. The van der Waals surface area contributed by atoms with Crippen molar-refractivity contribution >= 4 is 169 Å². The number of nitro groups is 5. The summed E-state index contributed by atoms with van der Waals surface area (Å²) in [4.78, 5) is 251. The molecule has 118 heavy (non-hydrogen) atoms. The van der Waals surface area contributed by atoms with Crippen LogP contribution in [0.1, 0.15) is 5.56 Å². The Morgan fingerprint density at radius 3 is 0.763 bits per heavy atom. The topological polar surface area (TPSA) is 651 Å². The van der Waals surface area contributed by atoms with Crippen molar-refractivity contribution in [3.8, 4) is 0 Å². The van der Waals surface area contributed by atoms with E-state index in [0.717, 1.165) is 68.1 Å². The SMILES string of the molecule is Nc1ccc(N2C(=O)C3C(C2=O)C2C(=O)N(c4ccc(N)cc4)C(=O)C32)cc1.Nc1ccc([N+](=O)[O-])cc1.O=C(O)C1C(C(=O)Cc2ccc([N+](=O)[O-])cc2)C(C(=O)O)C1C(=O)Nc1ccc([N+](=O)[O-])cc1.O=C1C2C(C(=O)N1c1ccc([N+](=O)[O-])cc1)C1C(=O)N(c3ccc([N+](=O)[O-])cc3)C(=O)C21.O=C1OC(=O)C2C1C1C(=O)OC(=O)C21. The number of ketones is 1. The van der Waals surface area contributed by atoms with Crippen molar-refractivity contribution < 1.29 is 121 Å². The van der Waals surface area contributed by atoms with Crippen molar-refractivity contribution in [1.29, 1.82) is 0 Å². The number of hydrogen-bond donors (Lipinski definition) is 6. The minimum absolute atomic E-state index is 0.0641. The zero-order chi connectivity index (χ0) is 85.4. The number of Topliss-reactive ketones (excluding diaryl/α,β-unsaturated/α-hetero) is 1. The van der Waals surface area contributed by atoms with Crippen molar-refractivity contribution in [2.24, 2.45) is 94.7 Å². The van der Waals surface area contributed by atoms with Crippen LogP contribution in [0.5, 0.6) is 0 Å². The van der Waals surface area contributed by atoms with E-state index >= 15 is 0 Å². The minimum Gasteiger partial charge on any atom is -0.481 e. The molecule has 7 aromatic rings. The van der Waals surface area contributed by atoms with Crippen molar-refractivity contribution in [2.45, 2.75) is 6.42 Å². The number of fused-ring (bicyclic) bond motifs is 12. The second-order valence-corrected chi connectivity index (χ2v) is 28.1. The third-order valence-electron chi connectivity index (χ3n) is 21.9. The standard InChI is InChI=1S/C21H17N3O10.C20H12N4O8.C20H16N4O4.C8H4O6.C6H6N2O2/c25-14(9-10-1-5-12(6-2-10)23(31)32)15-17(20(27)28)16(18(15)21(29)30)19(26)22-11-3-7-13(8-4-11)24(33)34;25-17-13-14(18(26)21(17)9-1-5-11(6-2-9)23(29)30)16-15(13)19(27)22(20(16)28)10-3-7-12(8-4-10)24(31)32;21-9-1-5-11(6-2-9)23-17(25)13-14(18(23)26)16-15(13)19(27)24(20(16)28)12-7-3-10(22)4-8-12;9-5-1-2(6(10)13-5)4-3(1)7(11)14-8(4)12;7-5-1-3-6(4-2-5)8(9)10/h1-8,15-18H,9H2,(H,22,26)(H,27,28)(H,29,30);1-8,13-16H;1-8,13-16H,21-22H2;1-4H;1-4H,7H2. The Balaban J connectivity index is 0.000000135. The fraction of sp³-hybridized carbons (Fsp3) is 0.227. The molecule has 43 heteroatoms. The van der Waals surface area contributed by atoms with E-state index < -0.39 is 214 Å². The molecule has 4 aliphatic carbocycles. The van der Waals surface area contributed by atoms with E-state index in [1.165, 1.54) is 72.8 Å². The number of imide groups is 4. The number of nitrogen functional groups attached to an aromatic ring is 3. The first kappa shape index (κ1) is 79.9. The number of cyclic esters (lactones) is 4. The van der Waals surface area contributed by atoms with E-state index in [9.17, 15) is 137 Å². The Kier molecular flexibility index (Phi) is 20.8. The quantitative estimate of drug-likeness (QED) is 0.0199. The van der Waals surface area contributed by atoms with Crippen LogP contribution in [-0.2, 0) is 92.6 Å². The third-order valence-corrected chi connectivity index (χ3v) is 21.9. The number of nitrogens with one attached hydrogen (secondary N) is 1. The van der Waals surface area contributed by atoms with Gasteiger partial charge in [-0.2, -0.15) is 0 Å². The lowest BCUT2D eigenvalue weighted by molar-refractivity contribution is -0.385. The van der Waals surface area contributed by atoms with Gasteiger partial charge in [0.2, 0.25) is 53.2 Å². The summed E-state index contributed by atoms with van der Waals surface area (Å²) in [6.45, 7) is 0. The first-order chi connectivity index (χ1) is 55.9. The maximum absolute atomic E-state index is 13.0. The van der Waals surface area contributed by atoms with Crippen molar-refractivity contribution in [1.82, 2.24) is 0 Å². The fourth-order valence-corrected chi connectivity index (χ4v) is 16.3. The normalized spacial score (nSPS) is 25.9. The number of non-ortho nitro benzene ring substituents is 5. The monoisotopic (exact) mass is 1620 g/mol. The van der Waals surface area contributed by atoms with Crippen molar-refractivity contribution in [3.63, 3.8) is 0 Å². The van der Waals surface area contributed by atoms with E-state index in [4.69, 9.17) is 17.2 Å². The summed E-state index contributed by atoms with van der Waals surface area (Å²) in [6, 6.07) is 37.7. The first-order valence-electron chi connectivity index (χ1n) is 34.9. The van der Waals surface area contributed by atoms with E-state index in [1.54, 1.807) is 48.5 Å². The van der Waals surface area contributed by atoms with E-state index in [-0.39, 0.29) is 51.9 Å². The highest BCUT2D eigenvalue weighted by atomic mass is 16.6. The number of nitrogens with two attached hydrogens (primary N) is 3. The summed E-state index contributed by atoms with van der Waals surface area (Å²) >= 11 is 0. The van der Waals surface area contributed by atoms with Gasteiger partial charge in [0.1, 0.15) is 5.78 Å². The molecule has 6 aliphatic heterocycles. The lowest BCUT2D eigenvalue weighted by atomic mass is 9.54. The molecule has 0 bridgehead atoms. The summed E-state index contributed by atoms with van der Waals surface area (Å²) in [7, 11) is 0. The number of esters is 4. The van der Waals surface area contributed by atoms with E-state index in [1.807, 2.05) is 0 Å². The molecule has 10 fully saturated rings. The molecule has 43 nitrogen and oxygen atoms in total. The highest BCUT2D eigenvalue weighted by Crippen LogP contribution is 2.60. The Hall–Kier alpha value is -16.1. The van der Waals surface area contributed by atoms with Gasteiger partial charge in [0.05, 0.1) is 136 Å². The summed E-state index contributed by atoms with van der Waals surface area (Å²) < 4.78 is 8.69. The zero-order valence-corrected chi connectivity index (χ0v) is 59.7. The number of carbonyl (C=O) groups is 16. The molecule has 2 atom stereocenters. The maximum Gasteiger partial charge on any atom is 0.318 e. The molecule has 0 spiro atoms. The first-order valence-corrected chi connectivity index (χ1v) is 34.9. The van der Waals surface area contributed by atoms with Gasteiger partial charge in [-0.05, 0) is 103 Å². The van der Waals surface area contributed by atoms with E-state index in [0.29, 0.717) is 34.0 Å². The number of amides is 9. The number of nitro benzene ring substituents is 5. The van der Waals surface area contributed by atoms with Crippen LogP contribution in [0.2, 0.25) is 0 Å². The van der Waals surface area contributed by atoms with Gasteiger partial charge in [-0.25, -0.2) is 0 Å².